The first-order valence-corrected chi connectivity index (χ1v) is 14.6. The molecule has 234 valence electrons. The molecule has 4 N–H and O–H groups in total. The van der Waals surface area contributed by atoms with Gasteiger partial charge in [0.1, 0.15) is 29.5 Å². The number of amides is 2. The molecule has 0 spiro atoms. The number of nitrogens with two attached hydrogens (primary N) is 1. The Morgan fingerprint density at radius 2 is 1.91 bits per heavy atom. The number of nitrogens with zero attached hydrogens (tertiary/aromatic N) is 2. The zero-order chi connectivity index (χ0) is 31.7. The second-order valence-electron chi connectivity index (χ2n) is 12.0. The van der Waals surface area contributed by atoms with Crippen LogP contribution in [0.25, 0.3) is 11.3 Å². The Morgan fingerprint density at radius 3 is 2.58 bits per heavy atom. The zero-order valence-electron chi connectivity index (χ0n) is 23.7. The molecule has 2 aromatic rings. The summed E-state index contributed by atoms with van der Waals surface area (Å²) < 4.78 is 67.9. The van der Waals surface area contributed by atoms with Crippen molar-refractivity contribution in [2.75, 3.05) is 13.2 Å². The summed E-state index contributed by atoms with van der Waals surface area (Å²) in [6.07, 6.45) is 3.90. The number of carbonyl (C=O) groups excluding carboxylic acids is 2. The van der Waals surface area contributed by atoms with Gasteiger partial charge in [-0.25, -0.2) is 14.4 Å². The van der Waals surface area contributed by atoms with Crippen molar-refractivity contribution in [3.05, 3.63) is 83.0 Å². The van der Waals surface area contributed by atoms with E-state index in [1.54, 1.807) is 12.2 Å². The fourth-order valence-electron chi connectivity index (χ4n) is 5.78. The minimum atomic E-state index is -4.90. The third-order valence-corrected chi connectivity index (χ3v) is 8.71. The largest absolute Gasteiger partial charge is 0.488 e. The molecule has 1 aromatic heterocycles. The molecule has 2 amide bonds. The Hall–Kier alpha value is -4.36. The van der Waals surface area contributed by atoms with Crippen LogP contribution in [0.5, 0.6) is 5.75 Å². The number of pyridine rings is 1. The Labute approximate surface area is 254 Å². The van der Waals surface area contributed by atoms with E-state index in [-0.39, 0.29) is 40.9 Å². The van der Waals surface area contributed by atoms with Crippen LogP contribution in [0.4, 0.5) is 17.6 Å². The van der Waals surface area contributed by atoms with Gasteiger partial charge in [0.2, 0.25) is 0 Å². The van der Waals surface area contributed by atoms with Crippen molar-refractivity contribution in [1.82, 2.24) is 10.3 Å². The normalized spacial score (nSPS) is 25.2. The molecule has 45 heavy (non-hydrogen) atoms. The van der Waals surface area contributed by atoms with Gasteiger partial charge in [-0.3, -0.25) is 9.59 Å². The maximum atomic E-state index is 14.3. The number of aliphatic hydroxyl groups is 1. The number of hydrogen-bond donors (Lipinski definition) is 3. The van der Waals surface area contributed by atoms with E-state index in [1.807, 2.05) is 0 Å². The average molecular weight is 625 g/mol. The summed E-state index contributed by atoms with van der Waals surface area (Å²) in [5.74, 6) is -2.32. The van der Waals surface area contributed by atoms with Crippen molar-refractivity contribution in [2.24, 2.45) is 22.6 Å². The number of aromatic nitrogens is 1. The Morgan fingerprint density at radius 1 is 1.18 bits per heavy atom. The molecular formula is C32H28F4N4O5. The maximum Gasteiger partial charge on any atom is 0.414 e. The molecule has 2 saturated carbocycles. The Kier molecular flexibility index (Phi) is 6.75. The number of allylic oxidation sites excluding steroid dienone is 3. The zero-order valence-corrected chi connectivity index (χ0v) is 23.7. The van der Waals surface area contributed by atoms with Gasteiger partial charge in [0, 0.05) is 28.7 Å². The number of rotatable bonds is 8. The molecule has 3 heterocycles. The fourth-order valence-corrected chi connectivity index (χ4v) is 5.78. The first-order chi connectivity index (χ1) is 21.4. The monoisotopic (exact) mass is 624 g/mol. The first-order valence-electron chi connectivity index (χ1n) is 14.6. The molecule has 13 heteroatoms. The van der Waals surface area contributed by atoms with Crippen LogP contribution in [0.1, 0.15) is 36.9 Å². The molecule has 0 bridgehead atoms. The van der Waals surface area contributed by atoms with Crippen molar-refractivity contribution in [2.45, 2.75) is 49.1 Å². The van der Waals surface area contributed by atoms with Gasteiger partial charge in [0.25, 0.3) is 11.8 Å². The molecule has 3 atom stereocenters. The second-order valence-corrected chi connectivity index (χ2v) is 12.0. The lowest BCUT2D eigenvalue weighted by molar-refractivity contribution is -0.191. The molecule has 0 saturated heterocycles. The van der Waals surface area contributed by atoms with E-state index in [0.717, 1.165) is 31.0 Å². The van der Waals surface area contributed by atoms with Crippen LogP contribution in [0.15, 0.2) is 71.0 Å². The van der Waals surface area contributed by atoms with Gasteiger partial charge in [-0.15, -0.1) is 0 Å². The summed E-state index contributed by atoms with van der Waals surface area (Å²) in [6.45, 7) is -1.28. The summed E-state index contributed by atoms with van der Waals surface area (Å²) in [7, 11) is 0. The van der Waals surface area contributed by atoms with Gasteiger partial charge in [-0.2, -0.15) is 13.2 Å². The van der Waals surface area contributed by atoms with Gasteiger partial charge in [-0.05, 0) is 68.0 Å². The van der Waals surface area contributed by atoms with Gasteiger partial charge in [0.15, 0.2) is 11.3 Å². The summed E-state index contributed by atoms with van der Waals surface area (Å²) in [5, 5.41) is 14.8. The number of dihydropyridines is 1. The molecule has 2 fully saturated rings. The van der Waals surface area contributed by atoms with Crippen LogP contribution in [0.3, 0.4) is 0 Å². The first kappa shape index (κ1) is 29.4. The number of nitrogens with one attached hydrogen (secondary N) is 1. The van der Waals surface area contributed by atoms with Gasteiger partial charge in [-0.1, -0.05) is 12.2 Å². The van der Waals surface area contributed by atoms with Crippen LogP contribution in [0.2, 0.25) is 0 Å². The predicted molar refractivity (Wildman–Crippen MR) is 152 cm³/mol. The lowest BCUT2D eigenvalue weighted by atomic mass is 9.86. The predicted octanol–water partition coefficient (Wildman–Crippen LogP) is 3.87. The van der Waals surface area contributed by atoms with Crippen LogP contribution >= 0.6 is 0 Å². The lowest BCUT2D eigenvalue weighted by Gasteiger charge is -2.31. The van der Waals surface area contributed by atoms with Crippen molar-refractivity contribution in [3.8, 4) is 17.0 Å². The smallest absolute Gasteiger partial charge is 0.414 e. The van der Waals surface area contributed by atoms with Crippen LogP contribution in [0, 0.1) is 17.7 Å². The number of halogens is 4. The van der Waals surface area contributed by atoms with Gasteiger partial charge in [0.05, 0.1) is 24.1 Å². The lowest BCUT2D eigenvalue weighted by Crippen LogP contribution is -2.52. The second kappa shape index (κ2) is 10.3. The third-order valence-electron chi connectivity index (χ3n) is 8.71. The molecule has 2 aliphatic heterocycles. The number of ether oxygens (including phenoxy) is 2. The van der Waals surface area contributed by atoms with Crippen LogP contribution < -0.4 is 15.8 Å². The molecular weight excluding hydrogens is 596 g/mol. The van der Waals surface area contributed by atoms with E-state index in [9.17, 15) is 32.3 Å². The average Bonchev–Trinajstić information content (AvgIpc) is 3.94. The maximum absolute atomic E-state index is 14.3. The fraction of sp³-hybridized carbons (Fsp3) is 0.375. The summed E-state index contributed by atoms with van der Waals surface area (Å²) in [4.78, 5) is 34.0. The number of aliphatic imine (C=N–C) groups is 1. The molecule has 1 aromatic carbocycles. The Bertz CT molecular complexity index is 1730. The highest BCUT2D eigenvalue weighted by Gasteiger charge is 2.59. The molecule has 5 aliphatic rings. The number of benzene rings is 1. The summed E-state index contributed by atoms with van der Waals surface area (Å²) in [6, 6.07) is 6.07. The van der Waals surface area contributed by atoms with E-state index >= 15 is 0 Å². The molecule has 1 unspecified atom stereocenters. The number of alkyl halides is 3. The number of hydrogen-bond acceptors (Lipinski definition) is 7. The summed E-state index contributed by atoms with van der Waals surface area (Å²) >= 11 is 0. The molecule has 9 nitrogen and oxygen atoms in total. The SMILES string of the molecule is N[C@@]1(C(F)(F)F)COc2c1cc([C@@](O)(CNC(=O)C1=CC3C=CC(=O)N=C3C(OC3CC3)=C1)C1CC1)nc2-c1ccc(F)cc1. The highest BCUT2D eigenvalue weighted by atomic mass is 19.4. The quantitative estimate of drug-likeness (QED) is 0.380. The standard InChI is InChI=1S/C32H28F4N4O5/c33-20-6-1-16(2-7-20)27-28-22(31(37,15-44-28)32(34,35)36)13-24(39-27)30(43,19-4-5-19)14-38-29(42)18-11-17-3-10-25(41)40-26(17)23(12-18)45-21-8-9-21/h1-3,6-7,10-13,17,19,21,43H,4-5,8-9,14-15,37H2,(H,38,42)/t17?,30-,31+/m1/s1. The topological polar surface area (TPSA) is 136 Å². The molecule has 7 rings (SSSR count). The minimum absolute atomic E-state index is 0.0282. The van der Waals surface area contributed by atoms with Crippen molar-refractivity contribution in [1.29, 1.82) is 0 Å². The summed E-state index contributed by atoms with van der Waals surface area (Å²) in [5.41, 5.74) is 1.48. The van der Waals surface area contributed by atoms with Gasteiger partial charge < -0.3 is 25.6 Å². The third kappa shape index (κ3) is 5.23. The molecule has 3 aliphatic carbocycles. The number of carbonyl (C=O) groups is 2. The molecule has 0 radical (unpaired) electrons. The Balaban J connectivity index is 1.23. The van der Waals surface area contributed by atoms with Crippen molar-refractivity contribution >= 4 is 17.5 Å². The highest BCUT2D eigenvalue weighted by Crippen LogP contribution is 2.52. The van der Waals surface area contributed by atoms with Gasteiger partial charge >= 0.3 is 6.18 Å². The minimum Gasteiger partial charge on any atom is -0.488 e. The van der Waals surface area contributed by atoms with E-state index < -0.39 is 59.0 Å². The van der Waals surface area contributed by atoms with Crippen molar-refractivity contribution in [3.63, 3.8) is 0 Å². The van der Waals surface area contributed by atoms with E-state index in [2.05, 4.69) is 15.3 Å². The number of fused-ring (bicyclic) bond motifs is 2. The van der Waals surface area contributed by atoms with Crippen LogP contribution in [-0.4, -0.2) is 53.0 Å². The van der Waals surface area contributed by atoms with E-state index in [4.69, 9.17) is 15.2 Å². The van der Waals surface area contributed by atoms with E-state index in [1.165, 1.54) is 24.3 Å². The van der Waals surface area contributed by atoms with Crippen LogP contribution in [-0.2, 0) is 25.5 Å². The van der Waals surface area contributed by atoms with E-state index in [0.29, 0.717) is 24.3 Å². The van der Waals surface area contributed by atoms with Crippen molar-refractivity contribution < 1.29 is 41.7 Å². The highest BCUT2D eigenvalue weighted by molar-refractivity contribution is 6.15.